The van der Waals surface area contributed by atoms with E-state index in [4.69, 9.17) is 9.47 Å². The average molecular weight is 496 g/mol. The monoisotopic (exact) mass is 496 g/mol. The minimum absolute atomic E-state index is 0.00451. The van der Waals surface area contributed by atoms with Gasteiger partial charge >= 0.3 is 6.36 Å². The van der Waals surface area contributed by atoms with Gasteiger partial charge in [-0.05, 0) is 41.8 Å². The van der Waals surface area contributed by atoms with Gasteiger partial charge < -0.3 is 14.2 Å². The summed E-state index contributed by atoms with van der Waals surface area (Å²) in [6, 6.07) is 10.8. The number of hydrogen-bond acceptors (Lipinski definition) is 3. The molecule has 3 nitrogen and oxygen atoms in total. The Morgan fingerprint density at radius 2 is 1.37 bits per heavy atom. The third-order valence-electron chi connectivity index (χ3n) is 5.68. The van der Waals surface area contributed by atoms with Gasteiger partial charge in [0.05, 0.1) is 13.2 Å². The Hall–Kier alpha value is -3.04. The van der Waals surface area contributed by atoms with E-state index in [-0.39, 0.29) is 22.3 Å². The van der Waals surface area contributed by atoms with Crippen molar-refractivity contribution in [3.05, 3.63) is 77.6 Å². The standard InChI is InChI=1S/C26H22F6O3/c1-2-3-15-13-33-25(34-14-15)18-5-8-20(22(28)12-18)16-4-7-19(21(27)10-16)17-6-9-24(23(29)11-17)35-26(30,31)32/h4-12,15,25H,2-3,13-14H2,1H3. The summed E-state index contributed by atoms with van der Waals surface area (Å²) in [5.41, 5.74) is 0.828. The predicted octanol–water partition coefficient (Wildman–Crippen LogP) is 7.80. The van der Waals surface area contributed by atoms with Crippen LogP contribution in [-0.4, -0.2) is 19.6 Å². The first-order valence-electron chi connectivity index (χ1n) is 11.0. The average Bonchev–Trinajstić information content (AvgIpc) is 2.80. The van der Waals surface area contributed by atoms with Crippen molar-refractivity contribution >= 4 is 0 Å². The van der Waals surface area contributed by atoms with Crippen LogP contribution < -0.4 is 4.74 Å². The Kier molecular flexibility index (Phi) is 7.37. The molecule has 3 aromatic rings. The van der Waals surface area contributed by atoms with Gasteiger partial charge in [-0.3, -0.25) is 0 Å². The fourth-order valence-electron chi connectivity index (χ4n) is 4.02. The van der Waals surface area contributed by atoms with Crippen LogP contribution in [0.15, 0.2) is 54.6 Å². The van der Waals surface area contributed by atoms with Crippen molar-refractivity contribution in [2.24, 2.45) is 5.92 Å². The van der Waals surface area contributed by atoms with Crippen molar-refractivity contribution in [1.29, 1.82) is 0 Å². The van der Waals surface area contributed by atoms with Crippen LogP contribution >= 0.6 is 0 Å². The van der Waals surface area contributed by atoms with E-state index in [9.17, 15) is 26.3 Å². The summed E-state index contributed by atoms with van der Waals surface area (Å²) in [5, 5.41) is 0. The third-order valence-corrected chi connectivity index (χ3v) is 5.68. The molecule has 4 rings (SSSR count). The van der Waals surface area contributed by atoms with E-state index in [0.717, 1.165) is 37.1 Å². The number of halogens is 6. The lowest BCUT2D eigenvalue weighted by Crippen LogP contribution is -2.27. The SMILES string of the molecule is CCCC1COC(c2ccc(-c3ccc(-c4ccc(OC(F)(F)F)c(F)c4)c(F)c3)c(F)c2)OC1. The molecule has 1 heterocycles. The number of ether oxygens (including phenoxy) is 3. The molecule has 3 aromatic carbocycles. The predicted molar refractivity (Wildman–Crippen MR) is 117 cm³/mol. The molecule has 1 aliphatic rings. The van der Waals surface area contributed by atoms with E-state index in [1.165, 1.54) is 24.3 Å². The quantitative estimate of drug-likeness (QED) is 0.326. The van der Waals surface area contributed by atoms with Gasteiger partial charge in [-0.25, -0.2) is 13.2 Å². The van der Waals surface area contributed by atoms with Crippen LogP contribution in [0.1, 0.15) is 31.6 Å². The van der Waals surface area contributed by atoms with E-state index >= 15 is 0 Å². The Balaban J connectivity index is 1.52. The zero-order valence-electron chi connectivity index (χ0n) is 18.7. The van der Waals surface area contributed by atoms with E-state index in [2.05, 4.69) is 11.7 Å². The number of hydrogen-bond donors (Lipinski definition) is 0. The molecule has 0 unspecified atom stereocenters. The largest absolute Gasteiger partial charge is 0.573 e. The minimum Gasteiger partial charge on any atom is -0.403 e. The van der Waals surface area contributed by atoms with E-state index < -0.39 is 35.9 Å². The van der Waals surface area contributed by atoms with Crippen LogP contribution in [0.3, 0.4) is 0 Å². The molecular formula is C26H22F6O3. The molecule has 0 saturated carbocycles. The highest BCUT2D eigenvalue weighted by Gasteiger charge is 2.32. The summed E-state index contributed by atoms with van der Waals surface area (Å²) >= 11 is 0. The first-order valence-corrected chi connectivity index (χ1v) is 11.0. The molecule has 1 aliphatic heterocycles. The normalized spacial score (nSPS) is 18.5. The maximum atomic E-state index is 14.9. The van der Waals surface area contributed by atoms with Crippen LogP contribution in [0, 0.1) is 23.4 Å². The van der Waals surface area contributed by atoms with Gasteiger partial charge in [0, 0.05) is 22.6 Å². The van der Waals surface area contributed by atoms with Crippen LogP contribution in [0.25, 0.3) is 22.3 Å². The van der Waals surface area contributed by atoms with E-state index in [1.54, 1.807) is 6.07 Å². The van der Waals surface area contributed by atoms with E-state index in [0.29, 0.717) is 24.7 Å². The molecular weight excluding hydrogens is 474 g/mol. The Morgan fingerprint density at radius 1 is 0.800 bits per heavy atom. The Morgan fingerprint density at radius 3 is 1.91 bits per heavy atom. The fraction of sp³-hybridized carbons (Fsp3) is 0.308. The number of benzene rings is 3. The molecule has 0 bridgehead atoms. The second-order valence-electron chi connectivity index (χ2n) is 8.28. The van der Waals surface area contributed by atoms with Crippen LogP contribution in [-0.2, 0) is 9.47 Å². The highest BCUT2D eigenvalue weighted by molar-refractivity contribution is 5.72. The summed E-state index contributed by atoms with van der Waals surface area (Å²) in [7, 11) is 0. The summed E-state index contributed by atoms with van der Waals surface area (Å²) in [6.45, 7) is 3.13. The van der Waals surface area contributed by atoms with Crippen molar-refractivity contribution in [3.63, 3.8) is 0 Å². The Labute approximate surface area is 198 Å². The van der Waals surface area contributed by atoms with Crippen molar-refractivity contribution in [2.45, 2.75) is 32.4 Å². The van der Waals surface area contributed by atoms with Crippen molar-refractivity contribution in [2.75, 3.05) is 13.2 Å². The highest BCUT2D eigenvalue weighted by Crippen LogP contribution is 2.34. The van der Waals surface area contributed by atoms with Gasteiger partial charge in [-0.15, -0.1) is 13.2 Å². The van der Waals surface area contributed by atoms with Gasteiger partial charge in [-0.1, -0.05) is 43.7 Å². The number of rotatable bonds is 6. The third kappa shape index (κ3) is 5.97. The summed E-state index contributed by atoms with van der Waals surface area (Å²) < 4.78 is 95.7. The van der Waals surface area contributed by atoms with Crippen molar-refractivity contribution < 1.29 is 40.6 Å². The topological polar surface area (TPSA) is 27.7 Å². The molecule has 0 radical (unpaired) electrons. The molecule has 0 spiro atoms. The van der Waals surface area contributed by atoms with Crippen LogP contribution in [0.5, 0.6) is 5.75 Å². The van der Waals surface area contributed by atoms with Gasteiger partial charge in [0.15, 0.2) is 17.9 Å². The number of alkyl halides is 3. The lowest BCUT2D eigenvalue weighted by atomic mass is 9.98. The maximum Gasteiger partial charge on any atom is 0.573 e. The highest BCUT2D eigenvalue weighted by atomic mass is 19.4. The zero-order valence-corrected chi connectivity index (χ0v) is 18.7. The maximum absolute atomic E-state index is 14.9. The molecule has 9 heteroatoms. The molecule has 0 aliphatic carbocycles. The van der Waals surface area contributed by atoms with Crippen LogP contribution in [0.2, 0.25) is 0 Å². The first kappa shape index (κ1) is 25.1. The van der Waals surface area contributed by atoms with Crippen molar-refractivity contribution in [3.8, 4) is 28.0 Å². The Bertz CT molecular complexity index is 1190. The molecule has 1 saturated heterocycles. The van der Waals surface area contributed by atoms with Crippen LogP contribution in [0.4, 0.5) is 26.3 Å². The summed E-state index contributed by atoms with van der Waals surface area (Å²) in [6.07, 6.45) is -3.72. The second kappa shape index (κ2) is 10.3. The molecule has 1 fully saturated rings. The summed E-state index contributed by atoms with van der Waals surface area (Å²) in [5.74, 6) is -3.40. The molecule has 0 atom stereocenters. The fourth-order valence-corrected chi connectivity index (χ4v) is 4.02. The second-order valence-corrected chi connectivity index (χ2v) is 8.28. The molecule has 0 N–H and O–H groups in total. The van der Waals surface area contributed by atoms with Gasteiger partial charge in [0.2, 0.25) is 0 Å². The molecule has 0 amide bonds. The van der Waals surface area contributed by atoms with E-state index in [1.807, 2.05) is 0 Å². The first-order chi connectivity index (χ1) is 16.6. The zero-order chi connectivity index (χ0) is 25.2. The summed E-state index contributed by atoms with van der Waals surface area (Å²) in [4.78, 5) is 0. The van der Waals surface area contributed by atoms with Crippen molar-refractivity contribution in [1.82, 2.24) is 0 Å². The lowest BCUT2D eigenvalue weighted by molar-refractivity contribution is -0.275. The molecule has 35 heavy (non-hydrogen) atoms. The van der Waals surface area contributed by atoms with Gasteiger partial charge in [0.1, 0.15) is 11.6 Å². The minimum atomic E-state index is -5.05. The smallest absolute Gasteiger partial charge is 0.403 e. The van der Waals surface area contributed by atoms with Gasteiger partial charge in [-0.2, -0.15) is 0 Å². The molecule has 0 aromatic heterocycles. The van der Waals surface area contributed by atoms with Gasteiger partial charge in [0.25, 0.3) is 0 Å². The lowest BCUT2D eigenvalue weighted by Gasteiger charge is -2.29. The molecule has 186 valence electrons.